The molecule has 0 radical (unpaired) electrons. The number of nitrogens with one attached hydrogen (secondary N) is 1. The van der Waals surface area contributed by atoms with Gasteiger partial charge in [0.2, 0.25) is 10.0 Å². The SMILES string of the molecule is O=S(=O)(NCc1ccon1)c1ccc(CO)cc1Br. The van der Waals surface area contributed by atoms with Crippen molar-refractivity contribution >= 4 is 26.0 Å². The van der Waals surface area contributed by atoms with E-state index in [1.165, 1.54) is 12.3 Å². The molecule has 2 aromatic rings. The predicted molar refractivity (Wildman–Crippen MR) is 70.6 cm³/mol. The summed E-state index contributed by atoms with van der Waals surface area (Å²) < 4.78 is 31.6. The van der Waals surface area contributed by atoms with Gasteiger partial charge in [0.15, 0.2) is 0 Å². The first-order valence-electron chi connectivity index (χ1n) is 5.31. The van der Waals surface area contributed by atoms with E-state index in [0.717, 1.165) is 0 Å². The van der Waals surface area contributed by atoms with Crippen LogP contribution in [0.15, 0.2) is 44.4 Å². The highest BCUT2D eigenvalue weighted by Gasteiger charge is 2.18. The molecule has 19 heavy (non-hydrogen) atoms. The summed E-state index contributed by atoms with van der Waals surface area (Å²) in [5.41, 5.74) is 1.12. The lowest BCUT2D eigenvalue weighted by Gasteiger charge is -2.08. The molecule has 0 aliphatic carbocycles. The van der Waals surface area contributed by atoms with Crippen LogP contribution in [0.3, 0.4) is 0 Å². The normalized spacial score (nSPS) is 11.7. The fraction of sp³-hybridized carbons (Fsp3) is 0.182. The highest BCUT2D eigenvalue weighted by atomic mass is 79.9. The lowest BCUT2D eigenvalue weighted by atomic mass is 10.2. The van der Waals surface area contributed by atoms with Crippen molar-refractivity contribution in [3.63, 3.8) is 0 Å². The summed E-state index contributed by atoms with van der Waals surface area (Å²) in [6.45, 7) is -0.0989. The molecule has 1 heterocycles. The van der Waals surface area contributed by atoms with Crippen LogP contribution in [0.25, 0.3) is 0 Å². The summed E-state index contributed by atoms with van der Waals surface area (Å²) in [6.07, 6.45) is 1.37. The summed E-state index contributed by atoms with van der Waals surface area (Å²) >= 11 is 3.18. The van der Waals surface area contributed by atoms with Gasteiger partial charge in [0.05, 0.1) is 23.7 Å². The Bertz CT molecular complexity index is 655. The van der Waals surface area contributed by atoms with Crippen molar-refractivity contribution in [3.05, 3.63) is 46.3 Å². The molecule has 0 atom stereocenters. The van der Waals surface area contributed by atoms with Gasteiger partial charge < -0.3 is 9.63 Å². The predicted octanol–water partition coefficient (Wildman–Crippen LogP) is 1.41. The average Bonchev–Trinajstić information content (AvgIpc) is 2.89. The van der Waals surface area contributed by atoms with E-state index in [1.54, 1.807) is 18.2 Å². The number of halogens is 1. The second-order valence-electron chi connectivity index (χ2n) is 3.74. The van der Waals surface area contributed by atoms with Gasteiger partial charge in [-0.25, -0.2) is 13.1 Å². The maximum Gasteiger partial charge on any atom is 0.242 e. The lowest BCUT2D eigenvalue weighted by molar-refractivity contribution is 0.281. The molecule has 2 N–H and O–H groups in total. The average molecular weight is 347 g/mol. The van der Waals surface area contributed by atoms with Gasteiger partial charge in [0.1, 0.15) is 6.26 Å². The number of aromatic nitrogens is 1. The Morgan fingerprint density at radius 1 is 1.37 bits per heavy atom. The van der Waals surface area contributed by atoms with Crippen LogP contribution in [0.5, 0.6) is 0 Å². The van der Waals surface area contributed by atoms with E-state index in [9.17, 15) is 8.42 Å². The monoisotopic (exact) mass is 346 g/mol. The smallest absolute Gasteiger partial charge is 0.242 e. The Labute approximate surface area is 118 Å². The number of aliphatic hydroxyl groups is 1. The molecule has 2 rings (SSSR count). The zero-order chi connectivity index (χ0) is 13.9. The second-order valence-corrected chi connectivity index (χ2v) is 6.33. The minimum Gasteiger partial charge on any atom is -0.392 e. The van der Waals surface area contributed by atoms with Crippen molar-refractivity contribution in [2.45, 2.75) is 18.0 Å². The maximum atomic E-state index is 12.1. The van der Waals surface area contributed by atoms with Crippen LogP contribution < -0.4 is 4.72 Å². The fourth-order valence-corrected chi connectivity index (χ4v) is 3.56. The summed E-state index contributed by atoms with van der Waals surface area (Å²) in [5, 5.41) is 12.6. The number of sulfonamides is 1. The van der Waals surface area contributed by atoms with E-state index in [2.05, 4.69) is 30.3 Å². The first-order chi connectivity index (χ1) is 9.03. The highest BCUT2D eigenvalue weighted by Crippen LogP contribution is 2.23. The molecule has 0 aliphatic rings. The highest BCUT2D eigenvalue weighted by molar-refractivity contribution is 9.10. The molecule has 0 amide bonds. The zero-order valence-corrected chi connectivity index (χ0v) is 12.1. The maximum absolute atomic E-state index is 12.1. The van der Waals surface area contributed by atoms with Crippen molar-refractivity contribution in [1.82, 2.24) is 9.88 Å². The minimum absolute atomic E-state index is 0.0486. The van der Waals surface area contributed by atoms with Gasteiger partial charge >= 0.3 is 0 Å². The van der Waals surface area contributed by atoms with E-state index in [0.29, 0.717) is 15.7 Å². The van der Waals surface area contributed by atoms with Crippen LogP contribution in [-0.2, 0) is 23.2 Å². The van der Waals surface area contributed by atoms with Gasteiger partial charge in [0, 0.05) is 10.5 Å². The quantitative estimate of drug-likeness (QED) is 0.853. The minimum atomic E-state index is -3.65. The van der Waals surface area contributed by atoms with Crippen molar-refractivity contribution in [3.8, 4) is 0 Å². The third kappa shape index (κ3) is 3.41. The summed E-state index contributed by atoms with van der Waals surface area (Å²) in [6, 6.07) is 6.12. The van der Waals surface area contributed by atoms with Crippen molar-refractivity contribution in [1.29, 1.82) is 0 Å². The van der Waals surface area contributed by atoms with E-state index >= 15 is 0 Å². The molecular formula is C11H11BrN2O4S. The van der Waals surface area contributed by atoms with E-state index in [-0.39, 0.29) is 18.0 Å². The molecule has 0 spiro atoms. The molecular weight excluding hydrogens is 336 g/mol. The van der Waals surface area contributed by atoms with Crippen molar-refractivity contribution in [2.75, 3.05) is 0 Å². The number of hydrogen-bond acceptors (Lipinski definition) is 5. The van der Waals surface area contributed by atoms with Crippen LogP contribution in [0, 0.1) is 0 Å². The first-order valence-corrected chi connectivity index (χ1v) is 7.59. The topological polar surface area (TPSA) is 92.4 Å². The zero-order valence-electron chi connectivity index (χ0n) is 9.71. The van der Waals surface area contributed by atoms with E-state index < -0.39 is 10.0 Å². The Kier molecular flexibility index (Phi) is 4.35. The van der Waals surface area contributed by atoms with Gasteiger partial charge in [0.25, 0.3) is 0 Å². The van der Waals surface area contributed by atoms with Crippen LogP contribution in [-0.4, -0.2) is 18.7 Å². The summed E-state index contributed by atoms with van der Waals surface area (Å²) in [7, 11) is -3.65. The van der Waals surface area contributed by atoms with Crippen molar-refractivity contribution < 1.29 is 18.0 Å². The lowest BCUT2D eigenvalue weighted by Crippen LogP contribution is -2.23. The fourth-order valence-electron chi connectivity index (χ4n) is 1.44. The Balaban J connectivity index is 2.19. The van der Waals surface area contributed by atoms with E-state index in [4.69, 9.17) is 5.11 Å². The number of hydrogen-bond donors (Lipinski definition) is 2. The van der Waals surface area contributed by atoms with Gasteiger partial charge in [-0.15, -0.1) is 0 Å². The summed E-state index contributed by atoms with van der Waals surface area (Å²) in [4.78, 5) is 0.105. The Morgan fingerprint density at radius 2 is 2.16 bits per heavy atom. The molecule has 0 saturated heterocycles. The molecule has 0 saturated carbocycles. The molecule has 6 nitrogen and oxygen atoms in total. The second kappa shape index (κ2) is 5.83. The van der Waals surface area contributed by atoms with Crippen LogP contribution in [0.1, 0.15) is 11.3 Å². The molecule has 1 aromatic heterocycles. The molecule has 0 unspecified atom stereocenters. The first kappa shape index (κ1) is 14.2. The van der Waals surface area contributed by atoms with Crippen molar-refractivity contribution in [2.24, 2.45) is 0 Å². The third-order valence-corrected chi connectivity index (χ3v) is 4.78. The summed E-state index contributed by atoms with van der Waals surface area (Å²) in [5.74, 6) is 0. The molecule has 0 aliphatic heterocycles. The molecule has 8 heteroatoms. The van der Waals surface area contributed by atoms with Gasteiger partial charge in [-0.2, -0.15) is 0 Å². The number of aliphatic hydroxyl groups excluding tert-OH is 1. The molecule has 0 bridgehead atoms. The third-order valence-electron chi connectivity index (χ3n) is 2.40. The standard InChI is InChI=1S/C11H11BrN2O4S/c12-10-5-8(7-15)1-2-11(10)19(16,17)13-6-9-3-4-18-14-9/h1-5,13,15H,6-7H2. The molecule has 0 fully saturated rings. The largest absolute Gasteiger partial charge is 0.392 e. The van der Waals surface area contributed by atoms with Gasteiger partial charge in [-0.1, -0.05) is 11.2 Å². The van der Waals surface area contributed by atoms with Crippen LogP contribution in [0.2, 0.25) is 0 Å². The van der Waals surface area contributed by atoms with E-state index in [1.807, 2.05) is 0 Å². The van der Waals surface area contributed by atoms with Crippen LogP contribution in [0.4, 0.5) is 0 Å². The van der Waals surface area contributed by atoms with Crippen LogP contribution >= 0.6 is 15.9 Å². The Morgan fingerprint density at radius 3 is 2.74 bits per heavy atom. The number of nitrogens with zero attached hydrogens (tertiary/aromatic N) is 1. The Hall–Kier alpha value is -1.22. The number of benzene rings is 1. The molecule has 1 aromatic carbocycles. The molecule has 102 valence electrons. The van der Waals surface area contributed by atoms with Gasteiger partial charge in [-0.05, 0) is 33.6 Å². The number of rotatable bonds is 5. The van der Waals surface area contributed by atoms with Gasteiger partial charge in [-0.3, -0.25) is 0 Å².